The molecule has 1 N–H and O–H groups in total. The smallest absolute Gasteiger partial charge is 0.0639 e. The Morgan fingerprint density at radius 2 is 1.95 bits per heavy atom. The number of rotatable bonds is 4. The van der Waals surface area contributed by atoms with Crippen molar-refractivity contribution in [3.05, 3.63) is 23.8 Å². The summed E-state index contributed by atoms with van der Waals surface area (Å²) in [6.45, 7) is 14.0. The van der Waals surface area contributed by atoms with E-state index in [1.54, 1.807) is 0 Å². The third-order valence-electron chi connectivity index (χ3n) is 6.41. The first kappa shape index (κ1) is 16.8. The molecular formula is C20H34O. The summed E-state index contributed by atoms with van der Waals surface area (Å²) in [7, 11) is 0. The summed E-state index contributed by atoms with van der Waals surface area (Å²) in [5.41, 5.74) is 3.13. The van der Waals surface area contributed by atoms with Crippen molar-refractivity contribution in [1.82, 2.24) is 0 Å². The molecule has 1 nitrogen and oxygen atoms in total. The standard InChI is InChI=1S/C20H34O/c1-15(14-21)9-8-12-20(5)16(2)19(3,4)13-17-10-6-7-11-18(17)20/h9,17-18,21H,2,6-8,10-14H2,1,3-5H3/b15-9+/t17-,18-,20+/m0/s1. The zero-order valence-electron chi connectivity index (χ0n) is 14.5. The SMILES string of the molecule is C=C1C(C)(C)C[C@@H]2CCCC[C@@H]2[C@]1(C)CC/C=C(\C)CO. The van der Waals surface area contributed by atoms with Gasteiger partial charge >= 0.3 is 0 Å². The third kappa shape index (κ3) is 3.28. The lowest BCUT2D eigenvalue weighted by atomic mass is 9.48. The molecular weight excluding hydrogens is 256 g/mol. The van der Waals surface area contributed by atoms with Gasteiger partial charge in [0.25, 0.3) is 0 Å². The molecule has 0 saturated heterocycles. The molecule has 2 aliphatic rings. The number of hydrogen-bond acceptors (Lipinski definition) is 1. The largest absolute Gasteiger partial charge is 0.392 e. The van der Waals surface area contributed by atoms with Gasteiger partial charge in [0.2, 0.25) is 0 Å². The fourth-order valence-corrected chi connectivity index (χ4v) is 5.09. The van der Waals surface area contributed by atoms with Crippen LogP contribution in [0, 0.1) is 22.7 Å². The predicted molar refractivity (Wildman–Crippen MR) is 91.2 cm³/mol. The monoisotopic (exact) mass is 290 g/mol. The predicted octanol–water partition coefficient (Wildman–Crippen LogP) is 5.50. The summed E-state index contributed by atoms with van der Waals surface area (Å²) in [5, 5.41) is 9.17. The molecule has 0 aromatic heterocycles. The van der Waals surface area contributed by atoms with E-state index in [0.29, 0.717) is 0 Å². The minimum absolute atomic E-state index is 0.190. The van der Waals surface area contributed by atoms with Crippen molar-refractivity contribution in [1.29, 1.82) is 0 Å². The first-order chi connectivity index (χ1) is 9.81. The number of fused-ring (bicyclic) bond motifs is 1. The van der Waals surface area contributed by atoms with Gasteiger partial charge in [0.1, 0.15) is 0 Å². The van der Waals surface area contributed by atoms with E-state index in [4.69, 9.17) is 0 Å². The van der Waals surface area contributed by atoms with Gasteiger partial charge in [0.05, 0.1) is 6.61 Å². The van der Waals surface area contributed by atoms with Crippen molar-refractivity contribution < 1.29 is 5.11 Å². The van der Waals surface area contributed by atoms with Crippen molar-refractivity contribution in [2.24, 2.45) is 22.7 Å². The summed E-state index contributed by atoms with van der Waals surface area (Å²) < 4.78 is 0. The average Bonchev–Trinajstić information content (AvgIpc) is 2.45. The molecule has 0 spiro atoms. The second kappa shape index (κ2) is 6.28. The molecule has 0 radical (unpaired) electrons. The van der Waals surface area contributed by atoms with E-state index in [2.05, 4.69) is 33.4 Å². The highest BCUT2D eigenvalue weighted by Crippen LogP contribution is 2.60. The van der Waals surface area contributed by atoms with E-state index in [1.807, 2.05) is 6.92 Å². The number of aliphatic hydroxyl groups excluding tert-OH is 1. The Balaban J connectivity index is 2.20. The van der Waals surface area contributed by atoms with E-state index in [-0.39, 0.29) is 17.4 Å². The van der Waals surface area contributed by atoms with Crippen LogP contribution in [0.2, 0.25) is 0 Å². The first-order valence-electron chi connectivity index (χ1n) is 8.77. The first-order valence-corrected chi connectivity index (χ1v) is 8.77. The van der Waals surface area contributed by atoms with Crippen molar-refractivity contribution in [3.8, 4) is 0 Å². The number of hydrogen-bond donors (Lipinski definition) is 1. The van der Waals surface area contributed by atoms with E-state index in [1.165, 1.54) is 44.1 Å². The van der Waals surface area contributed by atoms with Crippen LogP contribution in [0.25, 0.3) is 0 Å². The molecule has 21 heavy (non-hydrogen) atoms. The average molecular weight is 290 g/mol. The van der Waals surface area contributed by atoms with Crippen LogP contribution in [0.4, 0.5) is 0 Å². The van der Waals surface area contributed by atoms with Crippen LogP contribution in [0.15, 0.2) is 23.8 Å². The van der Waals surface area contributed by atoms with Crippen LogP contribution in [-0.4, -0.2) is 11.7 Å². The molecule has 2 saturated carbocycles. The van der Waals surface area contributed by atoms with Gasteiger partial charge < -0.3 is 5.11 Å². The molecule has 0 aromatic carbocycles. The van der Waals surface area contributed by atoms with Gasteiger partial charge in [0, 0.05) is 0 Å². The van der Waals surface area contributed by atoms with Gasteiger partial charge in [-0.05, 0) is 55.3 Å². The summed E-state index contributed by atoms with van der Waals surface area (Å²) in [4.78, 5) is 0. The summed E-state index contributed by atoms with van der Waals surface area (Å²) in [5.74, 6) is 1.72. The Hall–Kier alpha value is -0.560. The van der Waals surface area contributed by atoms with Gasteiger partial charge in [-0.3, -0.25) is 0 Å². The van der Waals surface area contributed by atoms with Crippen molar-refractivity contribution in [3.63, 3.8) is 0 Å². The van der Waals surface area contributed by atoms with Gasteiger partial charge in [0.15, 0.2) is 0 Å². The quantitative estimate of drug-likeness (QED) is 0.677. The van der Waals surface area contributed by atoms with Crippen LogP contribution < -0.4 is 0 Å². The lowest BCUT2D eigenvalue weighted by Gasteiger charge is -2.56. The summed E-state index contributed by atoms with van der Waals surface area (Å²) >= 11 is 0. The minimum Gasteiger partial charge on any atom is -0.392 e. The Bertz CT molecular complexity index is 418. The van der Waals surface area contributed by atoms with Crippen LogP contribution in [0.3, 0.4) is 0 Å². The maximum Gasteiger partial charge on any atom is 0.0639 e. The molecule has 0 unspecified atom stereocenters. The van der Waals surface area contributed by atoms with Gasteiger partial charge in [-0.1, -0.05) is 63.8 Å². The van der Waals surface area contributed by atoms with Crippen LogP contribution in [-0.2, 0) is 0 Å². The van der Waals surface area contributed by atoms with Gasteiger partial charge in [-0.2, -0.15) is 0 Å². The van der Waals surface area contributed by atoms with E-state index in [0.717, 1.165) is 23.8 Å². The highest BCUT2D eigenvalue weighted by atomic mass is 16.3. The Morgan fingerprint density at radius 3 is 2.62 bits per heavy atom. The third-order valence-corrected chi connectivity index (χ3v) is 6.41. The molecule has 0 aromatic rings. The van der Waals surface area contributed by atoms with E-state index in [9.17, 15) is 5.11 Å². The molecule has 0 bridgehead atoms. The van der Waals surface area contributed by atoms with Crippen molar-refractivity contribution in [2.75, 3.05) is 6.61 Å². The fraction of sp³-hybridized carbons (Fsp3) is 0.800. The molecule has 120 valence electrons. The lowest BCUT2D eigenvalue weighted by molar-refractivity contribution is 0.0172. The van der Waals surface area contributed by atoms with Crippen LogP contribution in [0.5, 0.6) is 0 Å². The molecule has 0 aliphatic heterocycles. The molecule has 0 amide bonds. The summed E-state index contributed by atoms with van der Waals surface area (Å²) in [6.07, 6.45) is 11.4. The molecule has 2 aliphatic carbocycles. The normalized spacial score (nSPS) is 36.4. The van der Waals surface area contributed by atoms with Crippen LogP contribution in [0.1, 0.15) is 72.6 Å². The topological polar surface area (TPSA) is 20.2 Å². The second-order valence-electron chi connectivity index (χ2n) is 8.38. The Kier molecular flexibility index (Phi) is 5.03. The summed E-state index contributed by atoms with van der Waals surface area (Å²) in [6, 6.07) is 0. The highest BCUT2D eigenvalue weighted by molar-refractivity contribution is 5.24. The Labute approximate surface area is 131 Å². The second-order valence-corrected chi connectivity index (χ2v) is 8.38. The Morgan fingerprint density at radius 1 is 1.29 bits per heavy atom. The van der Waals surface area contributed by atoms with Crippen molar-refractivity contribution >= 4 is 0 Å². The van der Waals surface area contributed by atoms with Gasteiger partial charge in [-0.25, -0.2) is 0 Å². The molecule has 2 rings (SSSR count). The zero-order valence-corrected chi connectivity index (χ0v) is 14.5. The molecule has 0 heterocycles. The fourth-order valence-electron chi connectivity index (χ4n) is 5.09. The van der Waals surface area contributed by atoms with E-state index >= 15 is 0 Å². The molecule has 3 atom stereocenters. The molecule has 1 heteroatoms. The van der Waals surface area contributed by atoms with Crippen molar-refractivity contribution in [2.45, 2.75) is 72.6 Å². The van der Waals surface area contributed by atoms with E-state index < -0.39 is 0 Å². The van der Waals surface area contributed by atoms with Gasteiger partial charge in [-0.15, -0.1) is 0 Å². The molecule has 2 fully saturated rings. The van der Waals surface area contributed by atoms with Crippen LogP contribution >= 0.6 is 0 Å². The number of aliphatic hydroxyl groups is 1. The minimum atomic E-state index is 0.190. The maximum absolute atomic E-state index is 9.17. The number of allylic oxidation sites excluding steroid dienone is 2. The zero-order chi connectivity index (χ0) is 15.7. The lowest BCUT2D eigenvalue weighted by Crippen LogP contribution is -2.47. The maximum atomic E-state index is 9.17. The highest BCUT2D eigenvalue weighted by Gasteiger charge is 2.50.